The molecule has 1 unspecified atom stereocenters. The molecule has 27 heavy (non-hydrogen) atoms. The number of carbonyl (C=O) groups excluding carboxylic acids is 2. The van der Waals surface area contributed by atoms with Gasteiger partial charge in [-0.2, -0.15) is 0 Å². The van der Waals surface area contributed by atoms with Crippen molar-refractivity contribution < 1.29 is 18.0 Å². The van der Waals surface area contributed by atoms with Crippen LogP contribution >= 0.6 is 11.8 Å². The van der Waals surface area contributed by atoms with Gasteiger partial charge in [0.25, 0.3) is 5.24 Å². The Morgan fingerprint density at radius 1 is 1.30 bits per heavy atom. The normalized spacial score (nSPS) is 18.1. The Hall–Kier alpha value is -1.58. The zero-order valence-electron chi connectivity index (χ0n) is 16.0. The maximum Gasteiger partial charge on any atom is 0.286 e. The molecule has 0 bridgehead atoms. The molecule has 7 nitrogen and oxygen atoms in total. The number of amides is 2. The van der Waals surface area contributed by atoms with Crippen LogP contribution in [0.1, 0.15) is 26.2 Å². The number of carbonyl (C=O) groups is 2. The number of sulfonamides is 1. The van der Waals surface area contributed by atoms with E-state index in [2.05, 4.69) is 5.32 Å². The molecule has 9 heteroatoms. The third kappa shape index (κ3) is 5.95. The highest BCUT2D eigenvalue weighted by Gasteiger charge is 2.32. The molecule has 1 fully saturated rings. The molecule has 0 spiro atoms. The fourth-order valence-corrected chi connectivity index (χ4v) is 5.21. The van der Waals surface area contributed by atoms with Crippen molar-refractivity contribution in [2.45, 2.75) is 31.1 Å². The van der Waals surface area contributed by atoms with Crippen molar-refractivity contribution in [3.63, 3.8) is 0 Å². The average molecular weight is 414 g/mol. The molecular weight excluding hydrogens is 386 g/mol. The highest BCUT2D eigenvalue weighted by molar-refractivity contribution is 8.13. The summed E-state index contributed by atoms with van der Waals surface area (Å²) in [4.78, 5) is 26.8. The monoisotopic (exact) mass is 413 g/mol. The molecular formula is C18H27N3O4S2. The average Bonchev–Trinajstić information content (AvgIpc) is 2.63. The van der Waals surface area contributed by atoms with Crippen LogP contribution in [0.4, 0.5) is 10.5 Å². The summed E-state index contributed by atoms with van der Waals surface area (Å²) in [6.07, 6.45) is 1.87. The van der Waals surface area contributed by atoms with E-state index in [9.17, 15) is 18.0 Å². The maximum atomic E-state index is 12.7. The Morgan fingerprint density at radius 3 is 2.67 bits per heavy atom. The second-order valence-electron chi connectivity index (χ2n) is 6.76. The second-order valence-corrected chi connectivity index (χ2v) is 9.84. The number of hydrogen-bond acceptors (Lipinski definition) is 5. The topological polar surface area (TPSA) is 86.8 Å². The number of thioether (sulfide) groups is 1. The van der Waals surface area contributed by atoms with Gasteiger partial charge >= 0.3 is 0 Å². The van der Waals surface area contributed by atoms with Crippen molar-refractivity contribution in [3.8, 4) is 0 Å². The van der Waals surface area contributed by atoms with Crippen molar-refractivity contribution in [1.29, 1.82) is 0 Å². The van der Waals surface area contributed by atoms with Gasteiger partial charge in [-0.3, -0.25) is 9.59 Å². The highest BCUT2D eigenvalue weighted by atomic mass is 32.2. The summed E-state index contributed by atoms with van der Waals surface area (Å²) in [5.41, 5.74) is 0.566. The second kappa shape index (κ2) is 9.57. The summed E-state index contributed by atoms with van der Waals surface area (Å²) >= 11 is 1.04. The predicted molar refractivity (Wildman–Crippen MR) is 108 cm³/mol. The van der Waals surface area contributed by atoms with Crippen LogP contribution in [0.15, 0.2) is 29.2 Å². The molecule has 1 N–H and O–H groups in total. The Bertz CT molecular complexity index is 781. The van der Waals surface area contributed by atoms with E-state index < -0.39 is 15.9 Å². The zero-order valence-corrected chi connectivity index (χ0v) is 17.6. The summed E-state index contributed by atoms with van der Waals surface area (Å²) in [6, 6.07) is 7.12. The lowest BCUT2D eigenvalue weighted by atomic mass is 9.99. The molecule has 0 aromatic heterocycles. The number of rotatable bonds is 6. The Kier molecular flexibility index (Phi) is 7.69. The fraction of sp³-hybridized carbons (Fsp3) is 0.556. The van der Waals surface area contributed by atoms with E-state index in [1.807, 2.05) is 6.92 Å². The molecule has 1 aliphatic rings. The molecule has 0 saturated carbocycles. The SMILES string of the molecule is CCCS(=O)(=O)N1CCCC(C(=O)Nc2ccccc2SC(=O)N(C)C)C1. The summed E-state index contributed by atoms with van der Waals surface area (Å²) in [5.74, 6) is -0.502. The number of benzene rings is 1. The first-order valence-corrected chi connectivity index (χ1v) is 11.4. The van der Waals surface area contributed by atoms with Crippen LogP contribution in [0.3, 0.4) is 0 Å². The van der Waals surface area contributed by atoms with Crippen molar-refractivity contribution in [3.05, 3.63) is 24.3 Å². The molecule has 2 rings (SSSR count). The minimum atomic E-state index is -3.31. The first-order valence-electron chi connectivity index (χ1n) is 9.01. The van der Waals surface area contributed by atoms with Gasteiger partial charge in [0.1, 0.15) is 0 Å². The first-order chi connectivity index (χ1) is 12.7. The van der Waals surface area contributed by atoms with E-state index in [1.165, 1.54) is 9.21 Å². The lowest BCUT2D eigenvalue weighted by molar-refractivity contribution is -0.120. The largest absolute Gasteiger partial charge is 0.339 e. The summed E-state index contributed by atoms with van der Waals surface area (Å²) < 4.78 is 26.0. The van der Waals surface area contributed by atoms with Crippen LogP contribution in [0.25, 0.3) is 0 Å². The van der Waals surface area contributed by atoms with Gasteiger partial charge in [0.2, 0.25) is 15.9 Å². The zero-order chi connectivity index (χ0) is 20.0. The highest BCUT2D eigenvalue weighted by Crippen LogP contribution is 2.30. The summed E-state index contributed by atoms with van der Waals surface area (Å²) in [6.45, 7) is 2.51. The van der Waals surface area contributed by atoms with E-state index in [0.29, 0.717) is 36.4 Å². The van der Waals surface area contributed by atoms with Gasteiger partial charge in [-0.15, -0.1) is 0 Å². The number of anilines is 1. The van der Waals surface area contributed by atoms with Gasteiger partial charge < -0.3 is 10.2 Å². The molecule has 0 radical (unpaired) electrons. The summed E-state index contributed by atoms with van der Waals surface area (Å²) in [7, 11) is 0.0338. The van der Waals surface area contributed by atoms with E-state index in [1.54, 1.807) is 38.4 Å². The fourth-order valence-electron chi connectivity index (χ4n) is 2.88. The summed E-state index contributed by atoms with van der Waals surface area (Å²) in [5, 5.41) is 2.74. The molecule has 1 heterocycles. The molecule has 2 amide bonds. The molecule has 0 aliphatic carbocycles. The number of nitrogens with zero attached hydrogens (tertiary/aromatic N) is 2. The van der Waals surface area contributed by atoms with Gasteiger partial charge in [0, 0.05) is 32.1 Å². The minimum absolute atomic E-state index is 0.105. The standard InChI is InChI=1S/C18H27N3O4S2/c1-4-12-27(24,25)21-11-7-8-14(13-21)17(22)19-15-9-5-6-10-16(15)26-18(23)20(2)3/h5-6,9-10,14H,4,7-8,11-13H2,1-3H3,(H,19,22). The number of piperidine rings is 1. The van der Waals surface area contributed by atoms with Crippen molar-refractivity contribution >= 4 is 38.6 Å². The predicted octanol–water partition coefficient (Wildman–Crippen LogP) is 2.85. The van der Waals surface area contributed by atoms with Crippen LogP contribution in [-0.2, 0) is 14.8 Å². The molecule has 1 atom stereocenters. The van der Waals surface area contributed by atoms with E-state index >= 15 is 0 Å². The Morgan fingerprint density at radius 2 is 2.00 bits per heavy atom. The molecule has 1 aromatic carbocycles. The van der Waals surface area contributed by atoms with Crippen LogP contribution in [-0.4, -0.2) is 61.7 Å². The lowest BCUT2D eigenvalue weighted by Crippen LogP contribution is -2.44. The van der Waals surface area contributed by atoms with Crippen LogP contribution in [0.2, 0.25) is 0 Å². The van der Waals surface area contributed by atoms with E-state index in [-0.39, 0.29) is 23.4 Å². The lowest BCUT2D eigenvalue weighted by Gasteiger charge is -2.31. The van der Waals surface area contributed by atoms with Crippen LogP contribution in [0.5, 0.6) is 0 Å². The Labute approximate surface area is 165 Å². The van der Waals surface area contributed by atoms with Gasteiger partial charge in [-0.25, -0.2) is 12.7 Å². The quantitative estimate of drug-likeness (QED) is 0.725. The van der Waals surface area contributed by atoms with Crippen LogP contribution in [0, 0.1) is 5.92 Å². The number of para-hydroxylation sites is 1. The van der Waals surface area contributed by atoms with Crippen LogP contribution < -0.4 is 5.32 Å². The molecule has 1 saturated heterocycles. The molecule has 1 aromatic rings. The van der Waals surface area contributed by atoms with Crippen molar-refractivity contribution in [2.24, 2.45) is 5.92 Å². The van der Waals surface area contributed by atoms with Gasteiger partial charge in [0.15, 0.2) is 0 Å². The maximum absolute atomic E-state index is 12.7. The van der Waals surface area contributed by atoms with Gasteiger partial charge in [-0.05, 0) is 43.2 Å². The number of nitrogens with one attached hydrogen (secondary N) is 1. The van der Waals surface area contributed by atoms with Crippen molar-refractivity contribution in [1.82, 2.24) is 9.21 Å². The molecule has 150 valence electrons. The van der Waals surface area contributed by atoms with Gasteiger partial charge in [-0.1, -0.05) is 19.1 Å². The third-order valence-electron chi connectivity index (χ3n) is 4.32. The van der Waals surface area contributed by atoms with E-state index in [4.69, 9.17) is 0 Å². The number of hydrogen-bond donors (Lipinski definition) is 1. The molecule has 1 aliphatic heterocycles. The smallest absolute Gasteiger partial charge is 0.286 e. The first kappa shape index (κ1) is 21.7. The Balaban J connectivity index is 2.08. The van der Waals surface area contributed by atoms with E-state index in [0.717, 1.165) is 11.8 Å². The van der Waals surface area contributed by atoms with Gasteiger partial charge in [0.05, 0.1) is 17.4 Å². The van der Waals surface area contributed by atoms with Crippen molar-refractivity contribution in [2.75, 3.05) is 38.3 Å². The minimum Gasteiger partial charge on any atom is -0.339 e. The third-order valence-corrected chi connectivity index (χ3v) is 7.48.